The zero-order valence-electron chi connectivity index (χ0n) is 12.7. The second-order valence-corrected chi connectivity index (χ2v) is 7.47. The lowest BCUT2D eigenvalue weighted by Crippen LogP contribution is -2.26. The first-order valence-electron chi connectivity index (χ1n) is 7.81. The average Bonchev–Trinajstić information content (AvgIpc) is 2.94. The minimum Gasteiger partial charge on any atom is -0.388 e. The van der Waals surface area contributed by atoms with Crippen LogP contribution in [0.5, 0.6) is 0 Å². The highest BCUT2D eigenvalue weighted by molar-refractivity contribution is 5.34. The Morgan fingerprint density at radius 3 is 2.84 bits per heavy atom. The zero-order valence-corrected chi connectivity index (χ0v) is 12.7. The first-order valence-corrected chi connectivity index (χ1v) is 7.81. The van der Waals surface area contributed by atoms with Crippen LogP contribution in [0.25, 0.3) is 0 Å². The fourth-order valence-electron chi connectivity index (χ4n) is 4.06. The maximum absolute atomic E-state index is 10.4. The Balaban J connectivity index is 1.95. The zero-order chi connectivity index (χ0) is 13.8. The van der Waals surface area contributed by atoms with Gasteiger partial charge in [0.15, 0.2) is 0 Å². The highest BCUT2D eigenvalue weighted by Gasteiger charge is 2.42. The van der Waals surface area contributed by atoms with E-state index in [2.05, 4.69) is 38.3 Å². The second kappa shape index (κ2) is 4.37. The number of aliphatic hydroxyl groups is 1. The van der Waals surface area contributed by atoms with Gasteiger partial charge in [0.05, 0.1) is 6.10 Å². The van der Waals surface area contributed by atoms with Gasteiger partial charge in [0, 0.05) is 23.0 Å². The van der Waals surface area contributed by atoms with Gasteiger partial charge in [0.25, 0.3) is 0 Å². The van der Waals surface area contributed by atoms with Crippen LogP contribution in [-0.4, -0.2) is 9.67 Å². The van der Waals surface area contributed by atoms with Crippen LogP contribution in [0.4, 0.5) is 0 Å². The van der Waals surface area contributed by atoms with E-state index in [0.29, 0.717) is 6.04 Å². The Morgan fingerprint density at radius 1 is 1.42 bits per heavy atom. The molecule has 106 valence electrons. The van der Waals surface area contributed by atoms with Crippen molar-refractivity contribution in [1.82, 2.24) is 4.57 Å². The van der Waals surface area contributed by atoms with E-state index in [-0.39, 0.29) is 11.5 Å². The fraction of sp³-hybridized carbons (Fsp3) is 0.765. The van der Waals surface area contributed by atoms with E-state index in [1.54, 1.807) is 0 Å². The number of aryl methyl sites for hydroxylation is 1. The van der Waals surface area contributed by atoms with Crippen molar-refractivity contribution >= 4 is 0 Å². The molecule has 1 saturated carbocycles. The van der Waals surface area contributed by atoms with Gasteiger partial charge in [-0.05, 0) is 50.0 Å². The summed E-state index contributed by atoms with van der Waals surface area (Å²) in [5.41, 5.74) is 4.21. The molecule has 1 heterocycles. The van der Waals surface area contributed by atoms with Crippen LogP contribution in [-0.2, 0) is 6.42 Å². The molecule has 0 aliphatic heterocycles. The molecule has 2 aliphatic carbocycles. The number of hydrogen-bond donors (Lipinski definition) is 1. The van der Waals surface area contributed by atoms with E-state index < -0.39 is 0 Å². The molecule has 0 aromatic carbocycles. The smallest absolute Gasteiger partial charge is 0.0812 e. The molecule has 1 N–H and O–H groups in total. The van der Waals surface area contributed by atoms with Crippen molar-refractivity contribution in [3.05, 3.63) is 23.0 Å². The highest BCUT2D eigenvalue weighted by atomic mass is 16.3. The summed E-state index contributed by atoms with van der Waals surface area (Å²) in [6, 6.07) is 2.95. The minimum absolute atomic E-state index is 0.226. The fourth-order valence-corrected chi connectivity index (χ4v) is 4.06. The van der Waals surface area contributed by atoms with E-state index in [1.165, 1.54) is 36.2 Å². The molecule has 19 heavy (non-hydrogen) atoms. The first-order chi connectivity index (χ1) is 8.93. The quantitative estimate of drug-likeness (QED) is 0.868. The number of hydrogen-bond acceptors (Lipinski definition) is 1. The molecular formula is C17H27NO. The van der Waals surface area contributed by atoms with Crippen LogP contribution in [0.15, 0.2) is 6.07 Å². The summed E-state index contributed by atoms with van der Waals surface area (Å²) in [6.45, 7) is 9.05. The Hall–Kier alpha value is -0.760. The molecule has 0 saturated heterocycles. The average molecular weight is 261 g/mol. The van der Waals surface area contributed by atoms with Gasteiger partial charge in [-0.1, -0.05) is 27.2 Å². The van der Waals surface area contributed by atoms with Crippen LogP contribution in [0.1, 0.15) is 75.6 Å². The van der Waals surface area contributed by atoms with E-state index in [9.17, 15) is 5.11 Å². The number of rotatable bonds is 3. The normalized spacial score (nSPS) is 32.2. The third-order valence-electron chi connectivity index (χ3n) is 5.00. The van der Waals surface area contributed by atoms with Crippen LogP contribution < -0.4 is 0 Å². The van der Waals surface area contributed by atoms with Gasteiger partial charge in [-0.15, -0.1) is 0 Å². The number of nitrogens with zero attached hydrogens (tertiary/aromatic N) is 1. The summed E-state index contributed by atoms with van der Waals surface area (Å²) >= 11 is 0. The monoisotopic (exact) mass is 261 g/mol. The summed E-state index contributed by atoms with van der Waals surface area (Å²) in [5, 5.41) is 10.4. The third-order valence-corrected chi connectivity index (χ3v) is 5.00. The van der Waals surface area contributed by atoms with Crippen molar-refractivity contribution in [1.29, 1.82) is 0 Å². The predicted molar refractivity (Wildman–Crippen MR) is 78.3 cm³/mol. The van der Waals surface area contributed by atoms with Gasteiger partial charge in [-0.3, -0.25) is 0 Å². The molecule has 3 atom stereocenters. The van der Waals surface area contributed by atoms with Crippen molar-refractivity contribution in [2.75, 3.05) is 0 Å². The molecule has 2 aliphatic rings. The standard InChI is InChI=1S/C17H27NO/c1-5-6-12-8-14(12)18-11(2)7-13-15(18)9-17(3,4)10-16(13)19/h7,12,14,16,19H,5-6,8-10H2,1-4H3. The SMILES string of the molecule is CCCC1CC1n1c(C)cc2c1CC(C)(C)CC2O. The Kier molecular flexibility index (Phi) is 3.05. The summed E-state index contributed by atoms with van der Waals surface area (Å²) in [7, 11) is 0. The molecule has 2 heteroatoms. The number of fused-ring (bicyclic) bond motifs is 1. The van der Waals surface area contributed by atoms with E-state index in [4.69, 9.17) is 0 Å². The van der Waals surface area contributed by atoms with Gasteiger partial charge >= 0.3 is 0 Å². The largest absolute Gasteiger partial charge is 0.388 e. The molecule has 0 bridgehead atoms. The molecule has 1 aromatic heterocycles. The van der Waals surface area contributed by atoms with E-state index in [1.807, 2.05) is 0 Å². The van der Waals surface area contributed by atoms with E-state index >= 15 is 0 Å². The van der Waals surface area contributed by atoms with E-state index in [0.717, 1.165) is 18.8 Å². The summed E-state index contributed by atoms with van der Waals surface area (Å²) in [4.78, 5) is 0. The topological polar surface area (TPSA) is 25.2 Å². The molecule has 0 amide bonds. The summed E-state index contributed by atoms with van der Waals surface area (Å²) in [5.74, 6) is 0.877. The Morgan fingerprint density at radius 2 is 2.16 bits per heavy atom. The molecule has 1 aromatic rings. The number of aromatic nitrogens is 1. The van der Waals surface area contributed by atoms with Crippen molar-refractivity contribution in [3.8, 4) is 0 Å². The molecule has 0 radical (unpaired) electrons. The van der Waals surface area contributed by atoms with Gasteiger partial charge in [-0.25, -0.2) is 0 Å². The van der Waals surface area contributed by atoms with Crippen molar-refractivity contribution in [3.63, 3.8) is 0 Å². The predicted octanol–water partition coefficient (Wildman–Crippen LogP) is 4.16. The van der Waals surface area contributed by atoms with Crippen LogP contribution in [0, 0.1) is 18.3 Å². The van der Waals surface area contributed by atoms with Crippen LogP contribution in [0.2, 0.25) is 0 Å². The lowest BCUT2D eigenvalue weighted by atomic mass is 9.75. The minimum atomic E-state index is -0.262. The van der Waals surface area contributed by atoms with Gasteiger partial charge in [0.1, 0.15) is 0 Å². The van der Waals surface area contributed by atoms with Gasteiger partial charge < -0.3 is 9.67 Å². The molecule has 1 fully saturated rings. The van der Waals surface area contributed by atoms with Crippen molar-refractivity contribution in [2.45, 2.75) is 71.9 Å². The van der Waals surface area contributed by atoms with Gasteiger partial charge in [0.2, 0.25) is 0 Å². The first kappa shape index (κ1) is 13.2. The second-order valence-electron chi connectivity index (χ2n) is 7.47. The lowest BCUT2D eigenvalue weighted by molar-refractivity contribution is 0.0979. The van der Waals surface area contributed by atoms with Crippen molar-refractivity contribution in [2.24, 2.45) is 11.3 Å². The summed E-state index contributed by atoms with van der Waals surface area (Å²) in [6.07, 6.45) is 5.73. The number of aliphatic hydroxyl groups excluding tert-OH is 1. The van der Waals surface area contributed by atoms with Crippen molar-refractivity contribution < 1.29 is 5.11 Å². The molecule has 3 rings (SSSR count). The molecular weight excluding hydrogens is 234 g/mol. The van der Waals surface area contributed by atoms with Crippen LogP contribution in [0.3, 0.4) is 0 Å². The maximum Gasteiger partial charge on any atom is 0.0812 e. The molecule has 3 unspecified atom stereocenters. The summed E-state index contributed by atoms with van der Waals surface area (Å²) < 4.78 is 2.56. The van der Waals surface area contributed by atoms with Gasteiger partial charge in [-0.2, -0.15) is 0 Å². The Bertz CT molecular complexity index is 486. The maximum atomic E-state index is 10.4. The molecule has 0 spiro atoms. The lowest BCUT2D eigenvalue weighted by Gasteiger charge is -2.34. The van der Waals surface area contributed by atoms with Crippen LogP contribution >= 0.6 is 0 Å². The highest BCUT2D eigenvalue weighted by Crippen LogP contribution is 2.51. The Labute approximate surface area is 116 Å². The molecule has 2 nitrogen and oxygen atoms in total. The third kappa shape index (κ3) is 2.24.